The van der Waals surface area contributed by atoms with Crippen LogP contribution in [0.5, 0.6) is 5.75 Å². The van der Waals surface area contributed by atoms with Gasteiger partial charge in [-0.05, 0) is 24.6 Å². The molecule has 0 radical (unpaired) electrons. The van der Waals surface area contributed by atoms with Crippen molar-refractivity contribution in [2.24, 2.45) is 0 Å². The van der Waals surface area contributed by atoms with Crippen molar-refractivity contribution in [1.29, 1.82) is 0 Å². The number of carboxylic acid groups (broad SMARTS) is 1. The topological polar surface area (TPSA) is 199 Å². The molecule has 0 amide bonds. The van der Waals surface area contributed by atoms with Gasteiger partial charge < -0.3 is 35.6 Å². The van der Waals surface area contributed by atoms with Crippen molar-refractivity contribution in [3.63, 3.8) is 0 Å². The number of sulfonamides is 1. The number of carbonyl (C=O) groups is 1. The Morgan fingerprint density at radius 1 is 1.08 bits per heavy atom. The highest BCUT2D eigenvalue weighted by Gasteiger charge is 2.17. The van der Waals surface area contributed by atoms with Crippen molar-refractivity contribution in [3.8, 4) is 5.75 Å². The van der Waals surface area contributed by atoms with Crippen LogP contribution in [0.4, 0.5) is 23.5 Å². The summed E-state index contributed by atoms with van der Waals surface area (Å²) in [5, 5.41) is 33.8. The highest BCUT2D eigenvalue weighted by molar-refractivity contribution is 7.89. The number of nitrogens with one attached hydrogen (secondary N) is 3. The number of aromatic nitrogens is 3. The molecule has 1 heterocycles. The van der Waals surface area contributed by atoms with Gasteiger partial charge in [-0.25, -0.2) is 17.9 Å². The highest BCUT2D eigenvalue weighted by Crippen LogP contribution is 2.28. The minimum atomic E-state index is -3.43. The van der Waals surface area contributed by atoms with E-state index in [-0.39, 0.29) is 68.6 Å². The first-order chi connectivity index (χ1) is 17.2. The summed E-state index contributed by atoms with van der Waals surface area (Å²) in [5.74, 6) is -0.485. The van der Waals surface area contributed by atoms with Gasteiger partial charge in [0.1, 0.15) is 5.75 Å². The van der Waals surface area contributed by atoms with Crippen LogP contribution >= 0.6 is 0 Å². The van der Waals surface area contributed by atoms with Gasteiger partial charge in [0.25, 0.3) is 0 Å². The number of benzene rings is 1. The van der Waals surface area contributed by atoms with E-state index < -0.39 is 16.0 Å². The normalized spacial score (nSPS) is 11.2. The van der Waals surface area contributed by atoms with Crippen molar-refractivity contribution >= 4 is 39.5 Å². The van der Waals surface area contributed by atoms with E-state index in [1.165, 1.54) is 25.3 Å². The van der Waals surface area contributed by atoms with E-state index in [1.807, 2.05) is 6.92 Å². The van der Waals surface area contributed by atoms with E-state index in [1.54, 1.807) is 4.90 Å². The molecule has 0 fully saturated rings. The van der Waals surface area contributed by atoms with Gasteiger partial charge in [0.15, 0.2) is 0 Å². The monoisotopic (exact) mass is 527 g/mol. The number of nitrogens with zero attached hydrogens (tertiary/aromatic N) is 4. The average Bonchev–Trinajstić information content (AvgIpc) is 2.85. The molecule has 0 saturated carbocycles. The molecule has 2 aromatic rings. The molecule has 0 atom stereocenters. The number of methoxy groups -OCH3 is 1. The van der Waals surface area contributed by atoms with Crippen molar-refractivity contribution in [1.82, 2.24) is 19.7 Å². The van der Waals surface area contributed by atoms with Gasteiger partial charge in [-0.1, -0.05) is 13.3 Å². The largest absolute Gasteiger partial charge is 0.495 e. The first-order valence-electron chi connectivity index (χ1n) is 11.3. The Balaban J connectivity index is 2.34. The first-order valence-corrected chi connectivity index (χ1v) is 13.0. The van der Waals surface area contributed by atoms with Crippen molar-refractivity contribution < 1.29 is 33.3 Å². The Morgan fingerprint density at radius 3 is 2.47 bits per heavy atom. The first kappa shape index (κ1) is 29.0. The number of ether oxygens (including phenoxy) is 1. The Bertz CT molecular complexity index is 1100. The molecule has 15 heteroatoms. The number of hydrogen-bond acceptors (Lipinski definition) is 12. The van der Waals surface area contributed by atoms with E-state index >= 15 is 0 Å². The predicted octanol–water partition coefficient (Wildman–Crippen LogP) is 0.244. The second-order valence-corrected chi connectivity index (χ2v) is 9.48. The molecular weight excluding hydrogens is 494 g/mol. The molecule has 0 bridgehead atoms. The van der Waals surface area contributed by atoms with E-state index in [4.69, 9.17) is 9.84 Å². The molecule has 0 saturated heterocycles. The van der Waals surface area contributed by atoms with Gasteiger partial charge in [-0.2, -0.15) is 15.0 Å². The average molecular weight is 528 g/mol. The molecule has 1 aromatic carbocycles. The van der Waals surface area contributed by atoms with E-state index in [9.17, 15) is 23.4 Å². The summed E-state index contributed by atoms with van der Waals surface area (Å²) in [6.45, 7) is 1.96. The quantitative estimate of drug-likeness (QED) is 0.164. The number of rotatable bonds is 17. The van der Waals surface area contributed by atoms with Crippen LogP contribution in [0.3, 0.4) is 0 Å². The minimum Gasteiger partial charge on any atom is -0.495 e. The van der Waals surface area contributed by atoms with E-state index in [0.29, 0.717) is 17.9 Å². The van der Waals surface area contributed by atoms with Gasteiger partial charge in [0.05, 0.1) is 37.3 Å². The number of hydrogen-bond donors (Lipinski definition) is 6. The third-order valence-corrected chi connectivity index (χ3v) is 6.30. The highest BCUT2D eigenvalue weighted by atomic mass is 32.2. The fourth-order valence-corrected chi connectivity index (χ4v) is 4.26. The lowest BCUT2D eigenvalue weighted by molar-refractivity contribution is 0.0697. The smallest absolute Gasteiger partial charge is 0.335 e. The molecule has 2 rings (SSSR count). The summed E-state index contributed by atoms with van der Waals surface area (Å²) >= 11 is 0. The molecule has 0 aliphatic carbocycles. The van der Waals surface area contributed by atoms with Crippen molar-refractivity contribution in [3.05, 3.63) is 23.8 Å². The Kier molecular flexibility index (Phi) is 11.5. The minimum absolute atomic E-state index is 0.0171. The van der Waals surface area contributed by atoms with Crippen LogP contribution in [0.1, 0.15) is 30.1 Å². The molecule has 0 aliphatic rings. The van der Waals surface area contributed by atoms with Crippen LogP contribution in [-0.2, 0) is 10.0 Å². The van der Waals surface area contributed by atoms with Gasteiger partial charge in [-0.3, -0.25) is 0 Å². The predicted molar refractivity (Wildman–Crippen MR) is 135 cm³/mol. The number of aliphatic hydroxyl groups is 2. The second kappa shape index (κ2) is 14.3. The lowest BCUT2D eigenvalue weighted by atomic mass is 10.2. The number of aromatic carboxylic acids is 1. The second-order valence-electron chi connectivity index (χ2n) is 7.56. The fraction of sp³-hybridized carbons (Fsp3) is 0.524. The van der Waals surface area contributed by atoms with Crippen LogP contribution in [-0.4, -0.2) is 96.9 Å². The van der Waals surface area contributed by atoms with Gasteiger partial charge in [0.2, 0.25) is 27.9 Å². The molecule has 0 unspecified atom stereocenters. The standard InChI is InChI=1S/C21H33N7O7S/c1-3-4-13-36(33,34)23-7-9-28(10-12-30)21-26-19(22-8-11-29)25-20(27-21)24-16-14-15(18(31)32)5-6-17(16)35-2/h5-6,14,23,29-30H,3-4,7-13H2,1-2H3,(H,31,32)(H2,22,24,25,26,27). The van der Waals surface area contributed by atoms with Crippen LogP contribution in [0.15, 0.2) is 18.2 Å². The third kappa shape index (κ3) is 9.07. The van der Waals surface area contributed by atoms with Gasteiger partial charge in [0, 0.05) is 26.2 Å². The summed E-state index contributed by atoms with van der Waals surface area (Å²) in [4.78, 5) is 25.9. The van der Waals surface area contributed by atoms with Crippen LogP contribution in [0.2, 0.25) is 0 Å². The summed E-state index contributed by atoms with van der Waals surface area (Å²) in [6.07, 6.45) is 1.30. The molecule has 36 heavy (non-hydrogen) atoms. The van der Waals surface area contributed by atoms with E-state index in [0.717, 1.165) is 6.42 Å². The van der Waals surface area contributed by atoms with Crippen molar-refractivity contribution in [2.45, 2.75) is 19.8 Å². The van der Waals surface area contributed by atoms with Crippen LogP contribution < -0.4 is 25.0 Å². The van der Waals surface area contributed by atoms with Crippen LogP contribution in [0.25, 0.3) is 0 Å². The van der Waals surface area contributed by atoms with Crippen molar-refractivity contribution in [2.75, 3.05) is 67.8 Å². The number of anilines is 4. The molecule has 1 aromatic heterocycles. The molecule has 0 spiro atoms. The number of unbranched alkanes of at least 4 members (excludes halogenated alkanes) is 1. The molecule has 0 aliphatic heterocycles. The maximum absolute atomic E-state index is 12.1. The fourth-order valence-electron chi connectivity index (χ4n) is 3.04. The lowest BCUT2D eigenvalue weighted by Crippen LogP contribution is -2.38. The SMILES string of the molecule is CCCCS(=O)(=O)NCCN(CCO)c1nc(NCCO)nc(Nc2cc(C(=O)O)ccc2OC)n1. The molecule has 6 N–H and O–H groups in total. The summed E-state index contributed by atoms with van der Waals surface area (Å²) in [5.41, 5.74) is 0.309. The summed E-state index contributed by atoms with van der Waals surface area (Å²) < 4.78 is 32.0. The summed E-state index contributed by atoms with van der Waals surface area (Å²) in [7, 11) is -2.00. The summed E-state index contributed by atoms with van der Waals surface area (Å²) in [6, 6.07) is 4.24. The molecular formula is C21H33N7O7S. The Hall–Kier alpha value is -3.27. The maximum atomic E-state index is 12.1. The Morgan fingerprint density at radius 2 is 1.83 bits per heavy atom. The zero-order valence-corrected chi connectivity index (χ0v) is 21.1. The molecule has 200 valence electrons. The van der Waals surface area contributed by atoms with E-state index in [2.05, 4.69) is 30.3 Å². The lowest BCUT2D eigenvalue weighted by Gasteiger charge is -2.23. The zero-order valence-electron chi connectivity index (χ0n) is 20.3. The zero-order chi connectivity index (χ0) is 26.6. The number of aliphatic hydroxyl groups excluding tert-OH is 2. The molecule has 14 nitrogen and oxygen atoms in total. The maximum Gasteiger partial charge on any atom is 0.335 e. The van der Waals surface area contributed by atoms with Crippen LogP contribution in [0, 0.1) is 0 Å². The Labute approximate surface area is 209 Å². The van der Waals surface area contributed by atoms with Gasteiger partial charge >= 0.3 is 5.97 Å². The third-order valence-electron chi connectivity index (χ3n) is 4.83. The number of carboxylic acids is 1. The van der Waals surface area contributed by atoms with Gasteiger partial charge in [-0.15, -0.1) is 0 Å².